The number of benzene rings is 2. The van der Waals surface area contributed by atoms with Gasteiger partial charge in [-0.3, -0.25) is 0 Å². The van der Waals surface area contributed by atoms with Gasteiger partial charge < -0.3 is 20.3 Å². The van der Waals surface area contributed by atoms with Crippen molar-refractivity contribution in [2.75, 3.05) is 20.8 Å². The lowest BCUT2D eigenvalue weighted by molar-refractivity contribution is 0.264. The third-order valence-corrected chi connectivity index (χ3v) is 3.20. The van der Waals surface area contributed by atoms with Crippen molar-refractivity contribution >= 4 is 10.8 Å². The highest BCUT2D eigenvalue weighted by molar-refractivity contribution is 5.90. The van der Waals surface area contributed by atoms with Gasteiger partial charge in [-0.05, 0) is 23.3 Å². The molecule has 4 nitrogen and oxygen atoms in total. The lowest BCUT2D eigenvalue weighted by Crippen LogP contribution is -2.27. The molecular weight excluding hydrogens is 242 g/mol. The van der Waals surface area contributed by atoms with Crippen LogP contribution in [-0.4, -0.2) is 32.0 Å². The van der Waals surface area contributed by atoms with Crippen LogP contribution in [0.25, 0.3) is 10.8 Å². The van der Waals surface area contributed by atoms with Crippen LogP contribution in [0, 0.1) is 0 Å². The largest absolute Gasteiger partial charge is 0.493 e. The van der Waals surface area contributed by atoms with Gasteiger partial charge in [0.15, 0.2) is 11.5 Å². The van der Waals surface area contributed by atoms with Gasteiger partial charge in [-0.1, -0.05) is 24.3 Å². The van der Waals surface area contributed by atoms with E-state index in [4.69, 9.17) is 20.3 Å². The van der Waals surface area contributed by atoms with Crippen molar-refractivity contribution in [2.45, 2.75) is 12.5 Å². The van der Waals surface area contributed by atoms with Crippen molar-refractivity contribution in [1.29, 1.82) is 0 Å². The number of hydrogen-bond acceptors (Lipinski definition) is 4. The summed E-state index contributed by atoms with van der Waals surface area (Å²) in [4.78, 5) is 0. The van der Waals surface area contributed by atoms with Crippen molar-refractivity contribution in [1.82, 2.24) is 0 Å². The maximum atomic E-state index is 9.16. The van der Waals surface area contributed by atoms with Crippen LogP contribution in [0.2, 0.25) is 0 Å². The van der Waals surface area contributed by atoms with E-state index in [1.165, 1.54) is 0 Å². The fourth-order valence-corrected chi connectivity index (χ4v) is 2.28. The number of aliphatic hydroxyl groups is 1. The Kier molecular flexibility index (Phi) is 4.24. The SMILES string of the molecule is COc1cc2ccccc2c(CC(N)CO)c1OC. The summed E-state index contributed by atoms with van der Waals surface area (Å²) in [6.07, 6.45) is 0.539. The van der Waals surface area contributed by atoms with Crippen LogP contribution in [-0.2, 0) is 6.42 Å². The summed E-state index contributed by atoms with van der Waals surface area (Å²) in [5, 5.41) is 11.3. The number of nitrogens with two attached hydrogens (primary N) is 1. The molecule has 3 N–H and O–H groups in total. The van der Waals surface area contributed by atoms with Gasteiger partial charge in [0.1, 0.15) is 0 Å². The highest BCUT2D eigenvalue weighted by Gasteiger charge is 2.16. The van der Waals surface area contributed by atoms with E-state index < -0.39 is 0 Å². The Morgan fingerprint density at radius 3 is 2.58 bits per heavy atom. The Bertz CT molecular complexity index is 569. The number of hydrogen-bond donors (Lipinski definition) is 2. The van der Waals surface area contributed by atoms with E-state index in [-0.39, 0.29) is 12.6 Å². The molecule has 0 spiro atoms. The molecule has 0 radical (unpaired) electrons. The maximum absolute atomic E-state index is 9.16. The minimum Gasteiger partial charge on any atom is -0.493 e. The topological polar surface area (TPSA) is 64.7 Å². The number of rotatable bonds is 5. The van der Waals surface area contributed by atoms with Gasteiger partial charge in [-0.25, -0.2) is 0 Å². The summed E-state index contributed by atoms with van der Waals surface area (Å²) in [5.41, 5.74) is 6.84. The van der Waals surface area contributed by atoms with Crippen molar-refractivity contribution < 1.29 is 14.6 Å². The predicted octanol–water partition coefficient (Wildman–Crippen LogP) is 1.72. The van der Waals surface area contributed by atoms with Gasteiger partial charge in [0.25, 0.3) is 0 Å². The molecule has 0 saturated carbocycles. The monoisotopic (exact) mass is 261 g/mol. The Hall–Kier alpha value is -1.78. The maximum Gasteiger partial charge on any atom is 0.164 e. The smallest absolute Gasteiger partial charge is 0.164 e. The summed E-state index contributed by atoms with van der Waals surface area (Å²) in [5.74, 6) is 1.37. The summed E-state index contributed by atoms with van der Waals surface area (Å²) in [6, 6.07) is 9.63. The first-order chi connectivity index (χ1) is 9.21. The zero-order valence-electron chi connectivity index (χ0n) is 11.2. The van der Waals surface area contributed by atoms with E-state index in [1.807, 2.05) is 30.3 Å². The van der Waals surface area contributed by atoms with Crippen LogP contribution in [0.1, 0.15) is 5.56 Å². The minimum atomic E-state index is -0.315. The molecule has 2 aromatic carbocycles. The molecule has 102 valence electrons. The summed E-state index contributed by atoms with van der Waals surface area (Å²) in [6.45, 7) is -0.0608. The third-order valence-electron chi connectivity index (χ3n) is 3.20. The highest BCUT2D eigenvalue weighted by atomic mass is 16.5. The van der Waals surface area contributed by atoms with Gasteiger partial charge >= 0.3 is 0 Å². The average molecular weight is 261 g/mol. The zero-order chi connectivity index (χ0) is 13.8. The molecule has 0 fully saturated rings. The minimum absolute atomic E-state index is 0.0608. The first-order valence-corrected chi connectivity index (χ1v) is 6.20. The van der Waals surface area contributed by atoms with E-state index >= 15 is 0 Å². The number of fused-ring (bicyclic) bond motifs is 1. The molecule has 0 heterocycles. The van der Waals surface area contributed by atoms with E-state index in [0.717, 1.165) is 16.3 Å². The predicted molar refractivity (Wildman–Crippen MR) is 75.8 cm³/mol. The van der Waals surface area contributed by atoms with Gasteiger partial charge in [0, 0.05) is 11.6 Å². The molecule has 0 aliphatic carbocycles. The molecule has 0 aliphatic heterocycles. The van der Waals surface area contributed by atoms with Crippen LogP contribution >= 0.6 is 0 Å². The third kappa shape index (κ3) is 2.64. The fraction of sp³-hybridized carbons (Fsp3) is 0.333. The van der Waals surface area contributed by atoms with Crippen molar-refractivity contribution in [3.05, 3.63) is 35.9 Å². The molecule has 2 rings (SSSR count). The highest BCUT2D eigenvalue weighted by Crippen LogP contribution is 2.37. The van der Waals surface area contributed by atoms with Crippen LogP contribution in [0.15, 0.2) is 30.3 Å². The molecule has 19 heavy (non-hydrogen) atoms. The molecular formula is C15H19NO3. The first-order valence-electron chi connectivity index (χ1n) is 6.20. The lowest BCUT2D eigenvalue weighted by Gasteiger charge is -2.18. The molecule has 4 heteroatoms. The van der Waals surface area contributed by atoms with Crippen LogP contribution in [0.3, 0.4) is 0 Å². The lowest BCUT2D eigenvalue weighted by atomic mass is 9.97. The zero-order valence-corrected chi connectivity index (χ0v) is 11.2. The molecule has 1 unspecified atom stereocenters. The second kappa shape index (κ2) is 5.91. The van der Waals surface area contributed by atoms with Crippen molar-refractivity contribution in [2.24, 2.45) is 5.73 Å². The molecule has 0 bridgehead atoms. The number of methoxy groups -OCH3 is 2. The fourth-order valence-electron chi connectivity index (χ4n) is 2.28. The summed E-state index contributed by atoms with van der Waals surface area (Å²) in [7, 11) is 3.23. The van der Waals surface area contributed by atoms with Crippen LogP contribution < -0.4 is 15.2 Å². The Labute approximate surface area is 112 Å². The molecule has 1 atom stereocenters. The van der Waals surface area contributed by atoms with Gasteiger partial charge in [-0.2, -0.15) is 0 Å². The van der Waals surface area contributed by atoms with E-state index in [9.17, 15) is 0 Å². The van der Waals surface area contributed by atoms with Crippen LogP contribution in [0.4, 0.5) is 0 Å². The second-order valence-corrected chi connectivity index (χ2v) is 4.46. The van der Waals surface area contributed by atoms with E-state index in [2.05, 4.69) is 0 Å². The van der Waals surface area contributed by atoms with E-state index in [1.54, 1.807) is 14.2 Å². The normalized spacial score (nSPS) is 12.4. The molecule has 0 amide bonds. The van der Waals surface area contributed by atoms with Crippen LogP contribution in [0.5, 0.6) is 11.5 Å². The molecule has 0 aromatic heterocycles. The second-order valence-electron chi connectivity index (χ2n) is 4.46. The summed E-state index contributed by atoms with van der Waals surface area (Å²) < 4.78 is 10.8. The quantitative estimate of drug-likeness (QED) is 0.860. The number of ether oxygens (including phenoxy) is 2. The molecule has 0 aliphatic rings. The Morgan fingerprint density at radius 2 is 1.95 bits per heavy atom. The summed E-state index contributed by atoms with van der Waals surface area (Å²) >= 11 is 0. The van der Waals surface area contributed by atoms with Crippen molar-refractivity contribution in [3.63, 3.8) is 0 Å². The van der Waals surface area contributed by atoms with Gasteiger partial charge in [-0.15, -0.1) is 0 Å². The molecule has 2 aromatic rings. The Balaban J connectivity index is 2.66. The van der Waals surface area contributed by atoms with Gasteiger partial charge in [0.2, 0.25) is 0 Å². The first kappa shape index (κ1) is 13.6. The average Bonchev–Trinajstić information content (AvgIpc) is 2.46. The number of aliphatic hydroxyl groups excluding tert-OH is 1. The molecule has 0 saturated heterocycles. The van der Waals surface area contributed by atoms with Gasteiger partial charge in [0.05, 0.1) is 20.8 Å². The van der Waals surface area contributed by atoms with Crippen molar-refractivity contribution in [3.8, 4) is 11.5 Å². The van der Waals surface area contributed by atoms with E-state index in [0.29, 0.717) is 17.9 Å². The Morgan fingerprint density at radius 1 is 1.21 bits per heavy atom. The standard InChI is InChI=1S/C15H19NO3/c1-18-14-7-10-5-3-4-6-12(10)13(15(14)19-2)8-11(16)9-17/h3-7,11,17H,8-9,16H2,1-2H3.